The first-order valence-corrected chi connectivity index (χ1v) is 7.22. The van der Waals surface area contributed by atoms with Gasteiger partial charge < -0.3 is 14.9 Å². The summed E-state index contributed by atoms with van der Waals surface area (Å²) in [5.74, 6) is 0.202. The Labute approximate surface area is 121 Å². The molecule has 1 fully saturated rings. The first-order valence-electron chi connectivity index (χ1n) is 7.22. The average molecular weight is 276 g/mol. The van der Waals surface area contributed by atoms with Gasteiger partial charge >= 0.3 is 0 Å². The molecule has 1 heterocycles. The van der Waals surface area contributed by atoms with E-state index in [2.05, 4.69) is 25.8 Å². The first kappa shape index (κ1) is 15.0. The molecule has 1 saturated heterocycles. The molecule has 110 valence electrons. The lowest BCUT2D eigenvalue weighted by atomic mass is 9.98. The molecule has 0 saturated carbocycles. The number of aliphatic hydroxyl groups excluding tert-OH is 1. The van der Waals surface area contributed by atoms with Crippen molar-refractivity contribution in [3.63, 3.8) is 0 Å². The van der Waals surface area contributed by atoms with Gasteiger partial charge in [-0.3, -0.25) is 4.79 Å². The first-order chi connectivity index (χ1) is 9.50. The van der Waals surface area contributed by atoms with Gasteiger partial charge in [-0.05, 0) is 18.5 Å². The average Bonchev–Trinajstić information content (AvgIpc) is 2.46. The molecule has 20 heavy (non-hydrogen) atoms. The second-order valence-corrected chi connectivity index (χ2v) is 5.92. The molecule has 2 unspecified atom stereocenters. The maximum Gasteiger partial charge on any atom is 0.256 e. The molecule has 0 bridgehead atoms. The van der Waals surface area contributed by atoms with Crippen LogP contribution in [0.25, 0.3) is 0 Å². The van der Waals surface area contributed by atoms with Crippen molar-refractivity contribution in [2.24, 2.45) is 5.92 Å². The van der Waals surface area contributed by atoms with Gasteiger partial charge in [0.2, 0.25) is 0 Å². The predicted octanol–water partition coefficient (Wildman–Crippen LogP) is 1.52. The van der Waals surface area contributed by atoms with Crippen LogP contribution in [0.4, 0.5) is 0 Å². The van der Waals surface area contributed by atoms with Crippen LogP contribution in [0, 0.1) is 5.92 Å². The van der Waals surface area contributed by atoms with Crippen LogP contribution in [0.5, 0.6) is 0 Å². The highest BCUT2D eigenvalue weighted by Gasteiger charge is 2.34. The predicted molar refractivity (Wildman–Crippen MR) is 79.2 cm³/mol. The second kappa shape index (κ2) is 6.37. The van der Waals surface area contributed by atoms with E-state index >= 15 is 0 Å². The minimum Gasteiger partial charge on any atom is -0.378 e. The molecule has 1 aliphatic heterocycles. The van der Waals surface area contributed by atoms with Gasteiger partial charge in [-0.25, -0.2) is 0 Å². The summed E-state index contributed by atoms with van der Waals surface area (Å²) in [4.78, 5) is 16.7. The molecule has 4 heteroatoms. The van der Waals surface area contributed by atoms with Crippen LogP contribution in [0.15, 0.2) is 30.3 Å². The Morgan fingerprint density at radius 3 is 2.50 bits per heavy atom. The Morgan fingerprint density at radius 2 is 1.90 bits per heavy atom. The molecule has 2 atom stereocenters. The molecular weight excluding hydrogens is 252 g/mol. The number of carbonyl (C=O) groups excluding carboxylic acids is 1. The van der Waals surface area contributed by atoms with Crippen molar-refractivity contribution in [1.82, 2.24) is 9.80 Å². The van der Waals surface area contributed by atoms with E-state index in [-0.39, 0.29) is 11.9 Å². The number of aliphatic hydroxyl groups is 1. The topological polar surface area (TPSA) is 43.8 Å². The lowest BCUT2D eigenvalue weighted by Crippen LogP contribution is -2.57. The summed E-state index contributed by atoms with van der Waals surface area (Å²) < 4.78 is 0. The van der Waals surface area contributed by atoms with Crippen LogP contribution in [0.2, 0.25) is 0 Å². The zero-order valence-corrected chi connectivity index (χ0v) is 12.5. The highest BCUT2D eigenvalue weighted by molar-refractivity contribution is 5.82. The van der Waals surface area contributed by atoms with E-state index < -0.39 is 6.10 Å². The molecule has 4 nitrogen and oxygen atoms in total. The highest BCUT2D eigenvalue weighted by Crippen LogP contribution is 2.22. The van der Waals surface area contributed by atoms with Gasteiger partial charge in [-0.2, -0.15) is 0 Å². The molecule has 0 spiro atoms. The summed E-state index contributed by atoms with van der Waals surface area (Å²) in [6.45, 7) is 6.65. The molecular formula is C16H24N2O2. The normalized spacial score (nSPS) is 22.1. The molecule has 1 aliphatic rings. The van der Waals surface area contributed by atoms with E-state index in [0.29, 0.717) is 18.0 Å². The van der Waals surface area contributed by atoms with Crippen LogP contribution in [-0.4, -0.2) is 53.5 Å². The van der Waals surface area contributed by atoms with Crippen molar-refractivity contribution in [3.8, 4) is 0 Å². The van der Waals surface area contributed by atoms with E-state index in [9.17, 15) is 9.90 Å². The van der Waals surface area contributed by atoms with Crippen molar-refractivity contribution in [3.05, 3.63) is 35.9 Å². The van der Waals surface area contributed by atoms with Crippen molar-refractivity contribution >= 4 is 5.91 Å². The van der Waals surface area contributed by atoms with Gasteiger partial charge in [0.1, 0.15) is 0 Å². The number of nitrogens with zero attached hydrogens (tertiary/aromatic N) is 2. The van der Waals surface area contributed by atoms with Gasteiger partial charge in [0.25, 0.3) is 5.91 Å². The quantitative estimate of drug-likeness (QED) is 0.910. The molecule has 1 N–H and O–H groups in total. The monoisotopic (exact) mass is 276 g/mol. The van der Waals surface area contributed by atoms with Gasteiger partial charge in [-0.15, -0.1) is 0 Å². The van der Waals surface area contributed by atoms with Crippen LogP contribution < -0.4 is 0 Å². The summed E-state index contributed by atoms with van der Waals surface area (Å²) in [7, 11) is 2.07. The van der Waals surface area contributed by atoms with Crippen LogP contribution in [0.3, 0.4) is 0 Å². The number of piperazine rings is 1. The van der Waals surface area contributed by atoms with Gasteiger partial charge in [-0.1, -0.05) is 44.2 Å². The summed E-state index contributed by atoms with van der Waals surface area (Å²) in [6, 6.07) is 9.32. The SMILES string of the molecule is CC(C)C1CN(C)CCN1C(=O)C(O)c1ccccc1. The highest BCUT2D eigenvalue weighted by atomic mass is 16.3. The maximum absolute atomic E-state index is 12.6. The van der Waals surface area contributed by atoms with Crippen LogP contribution in [0.1, 0.15) is 25.5 Å². The number of hydrogen-bond donors (Lipinski definition) is 1. The molecule has 0 aromatic heterocycles. The fourth-order valence-electron chi connectivity index (χ4n) is 2.73. The Morgan fingerprint density at radius 1 is 1.25 bits per heavy atom. The molecule has 1 amide bonds. The lowest BCUT2D eigenvalue weighted by Gasteiger charge is -2.43. The van der Waals surface area contributed by atoms with Gasteiger partial charge in [0.15, 0.2) is 6.10 Å². The third-order valence-corrected chi connectivity index (χ3v) is 4.02. The minimum absolute atomic E-state index is 0.166. The number of amides is 1. The zero-order chi connectivity index (χ0) is 14.7. The largest absolute Gasteiger partial charge is 0.378 e. The third-order valence-electron chi connectivity index (χ3n) is 4.02. The molecule has 0 aliphatic carbocycles. The summed E-state index contributed by atoms with van der Waals surface area (Å²) in [5.41, 5.74) is 0.666. The van der Waals surface area contributed by atoms with E-state index in [1.54, 1.807) is 12.1 Å². The number of benzene rings is 1. The summed E-state index contributed by atoms with van der Waals surface area (Å²) in [5, 5.41) is 10.3. The van der Waals surface area contributed by atoms with Crippen molar-refractivity contribution in [1.29, 1.82) is 0 Å². The van der Waals surface area contributed by atoms with Crippen LogP contribution >= 0.6 is 0 Å². The Bertz CT molecular complexity index is 447. The molecule has 1 aromatic carbocycles. The van der Waals surface area contributed by atoms with Crippen molar-refractivity contribution in [2.45, 2.75) is 26.0 Å². The Hall–Kier alpha value is -1.39. The summed E-state index contributed by atoms with van der Waals surface area (Å²) in [6.07, 6.45) is -1.05. The molecule has 0 radical (unpaired) electrons. The van der Waals surface area contributed by atoms with Crippen molar-refractivity contribution < 1.29 is 9.90 Å². The number of hydrogen-bond acceptors (Lipinski definition) is 3. The smallest absolute Gasteiger partial charge is 0.256 e. The lowest BCUT2D eigenvalue weighted by molar-refractivity contribution is -0.146. The fourth-order valence-corrected chi connectivity index (χ4v) is 2.73. The van der Waals surface area contributed by atoms with Gasteiger partial charge in [0, 0.05) is 25.7 Å². The molecule has 1 aromatic rings. The summed E-state index contributed by atoms with van der Waals surface area (Å²) >= 11 is 0. The standard InChI is InChI=1S/C16H24N2O2/c1-12(2)14-11-17(3)9-10-18(14)16(20)15(19)13-7-5-4-6-8-13/h4-8,12,14-15,19H,9-11H2,1-3H3. The van der Waals surface area contributed by atoms with Gasteiger partial charge in [0.05, 0.1) is 0 Å². The second-order valence-electron chi connectivity index (χ2n) is 5.92. The van der Waals surface area contributed by atoms with E-state index in [1.165, 1.54) is 0 Å². The van der Waals surface area contributed by atoms with E-state index in [4.69, 9.17) is 0 Å². The zero-order valence-electron chi connectivity index (χ0n) is 12.5. The number of likely N-dealkylation sites (N-methyl/N-ethyl adjacent to an activating group) is 1. The third kappa shape index (κ3) is 3.19. The van der Waals surface area contributed by atoms with E-state index in [0.717, 1.165) is 13.1 Å². The Balaban J connectivity index is 2.14. The maximum atomic E-state index is 12.6. The van der Waals surface area contributed by atoms with Crippen LogP contribution in [-0.2, 0) is 4.79 Å². The van der Waals surface area contributed by atoms with E-state index in [1.807, 2.05) is 23.1 Å². The minimum atomic E-state index is -1.05. The molecule has 2 rings (SSSR count). The Kier molecular flexibility index (Phi) is 4.78. The number of rotatable bonds is 3. The number of carbonyl (C=O) groups is 1. The van der Waals surface area contributed by atoms with Crippen molar-refractivity contribution in [2.75, 3.05) is 26.7 Å². The fraction of sp³-hybridized carbons (Fsp3) is 0.562.